The number of benzene rings is 1. The molecule has 0 unspecified atom stereocenters. The van der Waals surface area contributed by atoms with Crippen molar-refractivity contribution in [2.45, 2.75) is 88.2 Å². The average molecular weight is 709 g/mol. The minimum atomic E-state index is -5.03. The first-order chi connectivity index (χ1) is 22.2. The monoisotopic (exact) mass is 708 g/mol. The maximum Gasteiger partial charge on any atom is 0.418 e. The van der Waals surface area contributed by atoms with Gasteiger partial charge in [-0.3, -0.25) is 19.1 Å². The van der Waals surface area contributed by atoms with Crippen molar-refractivity contribution in [3.8, 4) is 5.75 Å². The smallest absolute Gasteiger partial charge is 0.418 e. The van der Waals surface area contributed by atoms with Gasteiger partial charge < -0.3 is 37.2 Å². The van der Waals surface area contributed by atoms with Gasteiger partial charge in [-0.2, -0.15) is 13.5 Å². The Morgan fingerprint density at radius 2 is 1.96 bits per heavy atom. The molecule has 1 saturated carbocycles. The van der Waals surface area contributed by atoms with Crippen molar-refractivity contribution in [1.29, 1.82) is 0 Å². The molecule has 18 nitrogen and oxygen atoms in total. The van der Waals surface area contributed by atoms with Crippen LogP contribution in [0.2, 0.25) is 0 Å². The molecule has 260 valence electrons. The van der Waals surface area contributed by atoms with E-state index in [9.17, 15) is 27.9 Å². The van der Waals surface area contributed by atoms with Crippen LogP contribution in [0.1, 0.15) is 63.8 Å². The van der Waals surface area contributed by atoms with Crippen LogP contribution >= 0.6 is 11.3 Å². The van der Waals surface area contributed by atoms with E-state index in [1.807, 2.05) is 13.0 Å². The number of oxime groups is 1. The van der Waals surface area contributed by atoms with Crippen molar-refractivity contribution < 1.29 is 46.3 Å². The van der Waals surface area contributed by atoms with Gasteiger partial charge >= 0.3 is 16.4 Å². The standard InChI is InChI=1S/C28H36N8O10S2/c1-26(2)20(23(38)36(26)46-48(41,42)43)34-22(37)19(16-12-47-25(30)33-16)35-45-28(4,24(39)40)18-8-6-13-9-14(5-7-17(13)44-18)21(29)32-15-10-27(3,31)11-15/h5,7,9,12,15,18,20H,6,8,10-11,31H2,1-4H3,(H2,29,32)(H2,30,33)(H,34,37)(H,39,40)(H,41,42,43)/b35-19-/t15?,18-,20-,27?,28+/m1/s1. The van der Waals surface area contributed by atoms with Crippen LogP contribution in [0.15, 0.2) is 33.7 Å². The summed E-state index contributed by atoms with van der Waals surface area (Å²) in [5, 5.41) is 18.4. The first-order valence-corrected chi connectivity index (χ1v) is 16.9. The molecule has 2 amide bonds. The van der Waals surface area contributed by atoms with Gasteiger partial charge in [-0.05, 0) is 77.1 Å². The number of rotatable bonds is 11. The van der Waals surface area contributed by atoms with E-state index < -0.39 is 57.2 Å². The number of nitrogens with zero attached hydrogens (tertiary/aromatic N) is 4. The Morgan fingerprint density at radius 3 is 2.52 bits per heavy atom. The van der Waals surface area contributed by atoms with E-state index >= 15 is 0 Å². The maximum atomic E-state index is 13.4. The first kappa shape index (κ1) is 35.0. The second kappa shape index (κ2) is 12.3. The molecule has 1 aliphatic carbocycles. The molecule has 48 heavy (non-hydrogen) atoms. The van der Waals surface area contributed by atoms with Gasteiger partial charge in [-0.15, -0.1) is 15.6 Å². The van der Waals surface area contributed by atoms with Crippen LogP contribution < -0.4 is 27.3 Å². The lowest BCUT2D eigenvalue weighted by Crippen LogP contribution is -2.76. The minimum absolute atomic E-state index is 0.0489. The minimum Gasteiger partial charge on any atom is -0.485 e. The number of carbonyl (C=O) groups is 3. The topological polar surface area (TPSA) is 284 Å². The summed E-state index contributed by atoms with van der Waals surface area (Å²) in [7, 11) is -5.03. The van der Waals surface area contributed by atoms with Gasteiger partial charge in [0.15, 0.2) is 16.9 Å². The average Bonchev–Trinajstić information content (AvgIpc) is 3.41. The fourth-order valence-corrected chi connectivity index (χ4v) is 6.71. The summed E-state index contributed by atoms with van der Waals surface area (Å²) in [5.74, 6) is -2.68. The van der Waals surface area contributed by atoms with Crippen LogP contribution in [0.3, 0.4) is 0 Å². The van der Waals surface area contributed by atoms with Crippen molar-refractivity contribution in [2.24, 2.45) is 21.6 Å². The molecular formula is C28H36N8O10S2. The number of carbonyl (C=O) groups excluding carboxylic acids is 2. The number of carboxylic acid groups (broad SMARTS) is 1. The summed E-state index contributed by atoms with van der Waals surface area (Å²) in [5.41, 5.74) is 15.2. The molecule has 2 fully saturated rings. The van der Waals surface area contributed by atoms with Gasteiger partial charge in [0.1, 0.15) is 23.3 Å². The lowest BCUT2D eigenvalue weighted by atomic mass is 9.75. The molecule has 2 aliphatic heterocycles. The molecule has 1 aromatic carbocycles. The quantitative estimate of drug-likeness (QED) is 0.0594. The number of β-lactam (4-membered cyclic amide) rings is 1. The normalized spacial score (nSPS) is 26.7. The number of carboxylic acids is 1. The number of aliphatic carboxylic acids is 1. The number of ether oxygens (including phenoxy) is 1. The maximum absolute atomic E-state index is 13.4. The van der Waals surface area contributed by atoms with Crippen molar-refractivity contribution in [2.75, 3.05) is 5.73 Å². The number of aliphatic imine (C=N–C) groups is 1. The molecule has 3 aliphatic rings. The fraction of sp³-hybridized carbons (Fsp3) is 0.500. The van der Waals surface area contributed by atoms with Crippen LogP contribution in [0, 0.1) is 0 Å². The van der Waals surface area contributed by atoms with E-state index in [1.54, 1.807) is 12.1 Å². The summed E-state index contributed by atoms with van der Waals surface area (Å²) in [6.07, 6.45) is 1.00. The number of aromatic nitrogens is 1. The lowest BCUT2D eigenvalue weighted by molar-refractivity contribution is -0.218. The Morgan fingerprint density at radius 1 is 1.27 bits per heavy atom. The number of fused-ring (bicyclic) bond motifs is 1. The Kier molecular flexibility index (Phi) is 8.93. The molecule has 3 heterocycles. The van der Waals surface area contributed by atoms with Crippen LogP contribution in [0.25, 0.3) is 0 Å². The molecule has 3 atom stereocenters. The number of hydrogen-bond donors (Lipinski definition) is 6. The second-order valence-corrected chi connectivity index (χ2v) is 14.8. The zero-order chi connectivity index (χ0) is 35.4. The number of amides is 2. The van der Waals surface area contributed by atoms with Crippen LogP contribution in [-0.2, 0) is 40.3 Å². The highest BCUT2D eigenvalue weighted by Gasteiger charge is 2.58. The van der Waals surface area contributed by atoms with Crippen molar-refractivity contribution in [3.63, 3.8) is 0 Å². The molecule has 0 bridgehead atoms. The first-order valence-electron chi connectivity index (χ1n) is 14.7. The molecule has 2 aromatic rings. The highest BCUT2D eigenvalue weighted by atomic mass is 32.3. The molecule has 1 aromatic heterocycles. The fourth-order valence-electron chi connectivity index (χ4n) is 5.71. The van der Waals surface area contributed by atoms with Crippen LogP contribution in [0.5, 0.6) is 5.75 Å². The van der Waals surface area contributed by atoms with Gasteiger partial charge in [0.2, 0.25) is 0 Å². The third-order valence-electron chi connectivity index (χ3n) is 8.49. The third-order valence-corrected chi connectivity index (χ3v) is 9.50. The summed E-state index contributed by atoms with van der Waals surface area (Å²) in [6, 6.07) is 3.94. The molecular weight excluding hydrogens is 672 g/mol. The molecule has 0 spiro atoms. The van der Waals surface area contributed by atoms with Crippen molar-refractivity contribution >= 4 is 56.2 Å². The lowest BCUT2D eigenvalue weighted by Gasteiger charge is -2.50. The molecule has 0 radical (unpaired) electrons. The van der Waals surface area contributed by atoms with E-state index in [0.29, 0.717) is 28.6 Å². The summed E-state index contributed by atoms with van der Waals surface area (Å²) < 4.78 is 41.7. The largest absolute Gasteiger partial charge is 0.485 e. The number of hydroxylamine groups is 2. The van der Waals surface area contributed by atoms with Crippen LogP contribution in [0.4, 0.5) is 5.13 Å². The van der Waals surface area contributed by atoms with Gasteiger partial charge in [0.05, 0.1) is 11.6 Å². The second-order valence-electron chi connectivity index (χ2n) is 12.9. The number of hydrogen-bond acceptors (Lipinski definition) is 14. The van der Waals surface area contributed by atoms with E-state index in [1.165, 1.54) is 26.2 Å². The molecule has 1 saturated heterocycles. The van der Waals surface area contributed by atoms with Gasteiger partial charge in [-0.25, -0.2) is 9.78 Å². The summed E-state index contributed by atoms with van der Waals surface area (Å²) in [6.45, 7) is 5.94. The van der Waals surface area contributed by atoms with E-state index in [-0.39, 0.29) is 28.8 Å². The predicted octanol–water partition coefficient (Wildman–Crippen LogP) is 0.108. The Hall–Kier alpha value is -4.37. The number of nitrogens with two attached hydrogens (primary N) is 3. The Bertz CT molecular complexity index is 1820. The molecule has 20 heteroatoms. The highest BCUT2D eigenvalue weighted by molar-refractivity contribution is 7.80. The Balaban J connectivity index is 1.34. The predicted molar refractivity (Wildman–Crippen MR) is 171 cm³/mol. The number of thiazole rings is 1. The zero-order valence-electron chi connectivity index (χ0n) is 26.4. The van der Waals surface area contributed by atoms with Crippen molar-refractivity contribution in [1.82, 2.24) is 15.4 Å². The SMILES string of the molecule is CC1(N)CC(N=C(N)c2ccc3c(c2)CC[C@H]([C@](C)(O/N=C(\C(=O)N[C@@H]2C(=O)N(OS(=O)(=O)O)C2(C)C)c2csc(N)n2)C(=O)O)O3)C1. The highest BCUT2D eigenvalue weighted by Crippen LogP contribution is 2.36. The van der Waals surface area contributed by atoms with E-state index in [4.69, 9.17) is 31.3 Å². The molecule has 9 N–H and O–H groups in total. The Labute approximate surface area is 279 Å². The van der Waals surface area contributed by atoms with E-state index in [2.05, 4.69) is 24.7 Å². The van der Waals surface area contributed by atoms with Crippen molar-refractivity contribution in [3.05, 3.63) is 40.4 Å². The number of nitrogen functional groups attached to an aromatic ring is 1. The molecule has 5 rings (SSSR count). The van der Waals surface area contributed by atoms with Gasteiger partial charge in [-0.1, -0.05) is 5.16 Å². The van der Waals surface area contributed by atoms with Gasteiger partial charge in [0.25, 0.3) is 17.4 Å². The van der Waals surface area contributed by atoms with E-state index in [0.717, 1.165) is 29.7 Å². The number of amidine groups is 1. The number of aryl methyl sites for hydroxylation is 1. The number of nitrogens with one attached hydrogen (secondary N) is 1. The number of anilines is 1. The van der Waals surface area contributed by atoms with Gasteiger partial charge in [0, 0.05) is 16.5 Å². The third kappa shape index (κ3) is 6.92. The summed E-state index contributed by atoms with van der Waals surface area (Å²) >= 11 is 0.963. The summed E-state index contributed by atoms with van der Waals surface area (Å²) in [4.78, 5) is 52.8. The van der Waals surface area contributed by atoms with Crippen LogP contribution in [-0.4, -0.2) is 92.3 Å². The zero-order valence-corrected chi connectivity index (χ0v) is 28.0.